The Morgan fingerprint density at radius 3 is 2.62 bits per heavy atom. The number of imidazole rings is 1. The van der Waals surface area contributed by atoms with E-state index in [2.05, 4.69) is 31.1 Å². The molecule has 1 saturated carbocycles. The lowest BCUT2D eigenvalue weighted by Gasteiger charge is -2.34. The third-order valence-corrected chi connectivity index (χ3v) is 6.93. The molecule has 2 unspecified atom stereocenters. The number of fused-ring (bicyclic) bond motifs is 1. The first kappa shape index (κ1) is 23.3. The zero-order chi connectivity index (χ0) is 23.0. The molecule has 10 heteroatoms. The molecule has 0 spiro atoms. The van der Waals surface area contributed by atoms with E-state index in [1.807, 2.05) is 0 Å². The lowest BCUT2D eigenvalue weighted by molar-refractivity contribution is -0.0513. The van der Waals surface area contributed by atoms with Crippen LogP contribution in [0.3, 0.4) is 0 Å². The van der Waals surface area contributed by atoms with Crippen molar-refractivity contribution in [2.75, 3.05) is 11.9 Å². The SMILES string of the molecule is CCC(CC)Nc1nc([C@]2(O)CCC[C@@H](C)C2)nc2c1ncn2[C@@H]1O[C@H](CO)C(O)C1O. The third kappa shape index (κ3) is 4.10. The molecular weight excluding hydrogens is 414 g/mol. The maximum Gasteiger partial charge on any atom is 0.168 e. The minimum Gasteiger partial charge on any atom is -0.394 e. The molecule has 6 atom stereocenters. The number of ether oxygens (including phenoxy) is 1. The summed E-state index contributed by atoms with van der Waals surface area (Å²) in [6, 6.07) is 0.180. The van der Waals surface area contributed by atoms with Gasteiger partial charge in [0.2, 0.25) is 0 Å². The van der Waals surface area contributed by atoms with Gasteiger partial charge < -0.3 is 30.5 Å². The summed E-state index contributed by atoms with van der Waals surface area (Å²) in [6.45, 7) is 5.89. The molecule has 0 aromatic carbocycles. The maximum absolute atomic E-state index is 11.5. The second-order valence-electron chi connectivity index (χ2n) is 9.34. The highest BCUT2D eigenvalue weighted by molar-refractivity contribution is 5.83. The Morgan fingerprint density at radius 1 is 1.25 bits per heavy atom. The van der Waals surface area contributed by atoms with Crippen LogP contribution < -0.4 is 5.32 Å². The highest BCUT2D eigenvalue weighted by Crippen LogP contribution is 2.40. The van der Waals surface area contributed by atoms with Crippen LogP contribution in [0.1, 0.15) is 71.3 Å². The Balaban J connectivity index is 1.82. The molecule has 178 valence electrons. The summed E-state index contributed by atoms with van der Waals surface area (Å²) in [5.74, 6) is 1.23. The summed E-state index contributed by atoms with van der Waals surface area (Å²) in [5.41, 5.74) is -0.232. The Hall–Kier alpha value is -1.85. The summed E-state index contributed by atoms with van der Waals surface area (Å²) in [6.07, 6.45) is 2.05. The van der Waals surface area contributed by atoms with Gasteiger partial charge in [0.25, 0.3) is 0 Å². The molecule has 32 heavy (non-hydrogen) atoms. The lowest BCUT2D eigenvalue weighted by Crippen LogP contribution is -2.35. The second-order valence-corrected chi connectivity index (χ2v) is 9.34. The summed E-state index contributed by atoms with van der Waals surface area (Å²) in [5, 5.41) is 45.1. The second kappa shape index (κ2) is 9.18. The molecule has 5 N–H and O–H groups in total. The monoisotopic (exact) mass is 449 g/mol. The van der Waals surface area contributed by atoms with E-state index >= 15 is 0 Å². The number of nitrogens with zero attached hydrogens (tertiary/aromatic N) is 4. The van der Waals surface area contributed by atoms with Gasteiger partial charge in [0, 0.05) is 6.04 Å². The van der Waals surface area contributed by atoms with E-state index in [4.69, 9.17) is 14.7 Å². The average Bonchev–Trinajstić information content (AvgIpc) is 3.32. The van der Waals surface area contributed by atoms with Gasteiger partial charge in [-0.25, -0.2) is 15.0 Å². The molecule has 2 aliphatic rings. The van der Waals surface area contributed by atoms with Gasteiger partial charge in [0.15, 0.2) is 29.0 Å². The molecule has 2 aromatic rings. The largest absolute Gasteiger partial charge is 0.394 e. The van der Waals surface area contributed by atoms with Gasteiger partial charge in [-0.3, -0.25) is 4.57 Å². The number of aromatic nitrogens is 4. The molecule has 3 heterocycles. The van der Waals surface area contributed by atoms with Crippen LogP contribution in [0, 0.1) is 5.92 Å². The van der Waals surface area contributed by atoms with Crippen molar-refractivity contribution in [3.05, 3.63) is 12.2 Å². The van der Waals surface area contributed by atoms with E-state index in [0.717, 1.165) is 25.7 Å². The lowest BCUT2D eigenvalue weighted by atomic mass is 9.78. The number of aliphatic hydroxyl groups excluding tert-OH is 3. The van der Waals surface area contributed by atoms with Crippen LogP contribution in [0.2, 0.25) is 0 Å². The highest BCUT2D eigenvalue weighted by atomic mass is 16.6. The number of aliphatic hydroxyl groups is 4. The van der Waals surface area contributed by atoms with Crippen molar-refractivity contribution in [2.24, 2.45) is 5.92 Å². The van der Waals surface area contributed by atoms with E-state index in [0.29, 0.717) is 41.6 Å². The molecule has 1 saturated heterocycles. The normalized spacial score (nSPS) is 33.3. The van der Waals surface area contributed by atoms with Crippen LogP contribution in [-0.4, -0.2) is 70.9 Å². The smallest absolute Gasteiger partial charge is 0.168 e. The summed E-state index contributed by atoms with van der Waals surface area (Å²) in [4.78, 5) is 13.9. The van der Waals surface area contributed by atoms with Gasteiger partial charge in [-0.1, -0.05) is 27.2 Å². The molecule has 10 nitrogen and oxygen atoms in total. The number of anilines is 1. The number of hydrogen-bond acceptors (Lipinski definition) is 9. The summed E-state index contributed by atoms with van der Waals surface area (Å²) >= 11 is 0. The van der Waals surface area contributed by atoms with Crippen LogP contribution in [-0.2, 0) is 10.3 Å². The first-order chi connectivity index (χ1) is 15.3. The van der Waals surface area contributed by atoms with Crippen LogP contribution >= 0.6 is 0 Å². The van der Waals surface area contributed by atoms with Gasteiger partial charge in [-0.2, -0.15) is 0 Å². The van der Waals surface area contributed by atoms with Gasteiger partial charge >= 0.3 is 0 Å². The van der Waals surface area contributed by atoms with Crippen molar-refractivity contribution in [1.82, 2.24) is 19.5 Å². The fraction of sp³-hybridized carbons (Fsp3) is 0.773. The first-order valence-electron chi connectivity index (χ1n) is 11.7. The molecule has 1 aliphatic heterocycles. The van der Waals surface area contributed by atoms with Crippen molar-refractivity contribution in [1.29, 1.82) is 0 Å². The Kier molecular flexibility index (Phi) is 6.69. The Labute approximate surface area is 187 Å². The zero-order valence-electron chi connectivity index (χ0n) is 19.0. The molecule has 0 bridgehead atoms. The van der Waals surface area contributed by atoms with Crippen LogP contribution in [0.5, 0.6) is 0 Å². The average molecular weight is 450 g/mol. The summed E-state index contributed by atoms with van der Waals surface area (Å²) in [7, 11) is 0. The topological polar surface area (TPSA) is 146 Å². The van der Waals surface area contributed by atoms with E-state index in [1.54, 1.807) is 4.57 Å². The zero-order valence-corrected chi connectivity index (χ0v) is 19.0. The predicted molar refractivity (Wildman–Crippen MR) is 118 cm³/mol. The van der Waals surface area contributed by atoms with Crippen LogP contribution in [0.15, 0.2) is 6.33 Å². The van der Waals surface area contributed by atoms with Crippen molar-refractivity contribution in [3.8, 4) is 0 Å². The van der Waals surface area contributed by atoms with Gasteiger partial charge in [0.05, 0.1) is 12.9 Å². The van der Waals surface area contributed by atoms with Crippen molar-refractivity contribution >= 4 is 17.0 Å². The van der Waals surface area contributed by atoms with E-state index in [1.165, 1.54) is 6.33 Å². The molecule has 0 radical (unpaired) electrons. The van der Waals surface area contributed by atoms with Gasteiger partial charge in [0.1, 0.15) is 23.9 Å². The number of nitrogens with one attached hydrogen (secondary N) is 1. The third-order valence-electron chi connectivity index (χ3n) is 6.93. The summed E-state index contributed by atoms with van der Waals surface area (Å²) < 4.78 is 7.26. The van der Waals surface area contributed by atoms with Crippen molar-refractivity contribution in [3.63, 3.8) is 0 Å². The van der Waals surface area contributed by atoms with E-state index < -0.39 is 36.7 Å². The molecular formula is C22H35N5O5. The molecule has 2 aromatic heterocycles. The first-order valence-corrected chi connectivity index (χ1v) is 11.7. The van der Waals surface area contributed by atoms with Crippen LogP contribution in [0.4, 0.5) is 5.82 Å². The molecule has 1 aliphatic carbocycles. The van der Waals surface area contributed by atoms with Crippen molar-refractivity contribution in [2.45, 2.75) is 95.5 Å². The van der Waals surface area contributed by atoms with E-state index in [-0.39, 0.29) is 6.04 Å². The fourth-order valence-corrected chi connectivity index (χ4v) is 4.93. The minimum absolute atomic E-state index is 0.180. The fourth-order valence-electron chi connectivity index (χ4n) is 4.93. The predicted octanol–water partition coefficient (Wildman–Crippen LogP) is 1.44. The standard InChI is InChI=1S/C22H35N5O5/c1-4-13(5-2)24-18-15-19(26-21(25-18)22(31)8-6-7-12(3)9-22)27(11-23-15)20-17(30)16(29)14(10-28)32-20/h11-14,16-17,20,28-31H,4-10H2,1-3H3,(H,24,25,26)/t12-,14-,16?,17?,20-,22+/m1/s1. The Bertz CT molecular complexity index is 935. The maximum atomic E-state index is 11.5. The van der Waals surface area contributed by atoms with Crippen LogP contribution in [0.25, 0.3) is 11.2 Å². The molecule has 0 amide bonds. The van der Waals surface area contributed by atoms with Gasteiger partial charge in [-0.05, 0) is 38.0 Å². The van der Waals surface area contributed by atoms with Crippen molar-refractivity contribution < 1.29 is 25.2 Å². The number of hydrogen-bond donors (Lipinski definition) is 5. The minimum atomic E-state index is -1.25. The Morgan fingerprint density at radius 2 is 2.00 bits per heavy atom. The molecule has 4 rings (SSSR count). The molecule has 2 fully saturated rings. The quantitative estimate of drug-likeness (QED) is 0.424. The highest BCUT2D eigenvalue weighted by Gasteiger charge is 2.44. The van der Waals surface area contributed by atoms with E-state index in [9.17, 15) is 20.4 Å². The number of rotatable bonds is 7. The van der Waals surface area contributed by atoms with Gasteiger partial charge in [-0.15, -0.1) is 0 Å².